The number of hydrogen-bond acceptors (Lipinski definition) is 5. The van der Waals surface area contributed by atoms with Gasteiger partial charge in [-0.1, -0.05) is 17.7 Å². The van der Waals surface area contributed by atoms with Crippen LogP contribution in [0.5, 0.6) is 11.6 Å². The van der Waals surface area contributed by atoms with Gasteiger partial charge in [-0.3, -0.25) is 9.59 Å². The highest BCUT2D eigenvalue weighted by atomic mass is 35.5. The average molecular weight is 387 g/mol. The first-order valence-electron chi connectivity index (χ1n) is 7.86. The largest absolute Gasteiger partial charge is 0.439 e. The SMILES string of the molecule is O=C(CCC(=O)c1cccs1)Nc1ccc(Oc2ccc(Cl)cc2)nc1. The van der Waals surface area contributed by atoms with Gasteiger partial charge < -0.3 is 10.1 Å². The summed E-state index contributed by atoms with van der Waals surface area (Å²) in [6.45, 7) is 0. The molecular formula is C19H15ClN2O3S. The van der Waals surface area contributed by atoms with E-state index in [9.17, 15) is 9.59 Å². The third-order valence-electron chi connectivity index (χ3n) is 3.43. The Kier molecular flexibility index (Phi) is 5.99. The first kappa shape index (κ1) is 18.1. The van der Waals surface area contributed by atoms with E-state index in [0.29, 0.717) is 27.2 Å². The number of thiophene rings is 1. The van der Waals surface area contributed by atoms with Gasteiger partial charge in [0.1, 0.15) is 5.75 Å². The normalized spacial score (nSPS) is 10.3. The van der Waals surface area contributed by atoms with E-state index < -0.39 is 0 Å². The van der Waals surface area contributed by atoms with E-state index in [0.717, 1.165) is 0 Å². The number of amides is 1. The lowest BCUT2D eigenvalue weighted by molar-refractivity contribution is -0.116. The van der Waals surface area contributed by atoms with Crippen molar-refractivity contribution in [2.75, 3.05) is 5.32 Å². The fourth-order valence-corrected chi connectivity index (χ4v) is 2.97. The highest BCUT2D eigenvalue weighted by Gasteiger charge is 2.10. The Morgan fingerprint density at radius 1 is 1.08 bits per heavy atom. The predicted octanol–water partition coefficient (Wildman–Crippen LogP) is 5.19. The Morgan fingerprint density at radius 3 is 2.54 bits per heavy atom. The third-order valence-corrected chi connectivity index (χ3v) is 4.59. The lowest BCUT2D eigenvalue weighted by Gasteiger charge is -2.07. The number of nitrogens with zero attached hydrogens (tertiary/aromatic N) is 1. The molecule has 1 N–H and O–H groups in total. The summed E-state index contributed by atoms with van der Waals surface area (Å²) in [6, 6.07) is 13.9. The molecule has 0 spiro atoms. The van der Waals surface area contributed by atoms with Crippen LogP contribution in [0.1, 0.15) is 22.5 Å². The predicted molar refractivity (Wildman–Crippen MR) is 102 cm³/mol. The lowest BCUT2D eigenvalue weighted by atomic mass is 10.2. The molecule has 0 saturated carbocycles. The zero-order chi connectivity index (χ0) is 18.4. The minimum atomic E-state index is -0.233. The van der Waals surface area contributed by atoms with Crippen LogP contribution < -0.4 is 10.1 Å². The number of aromatic nitrogens is 1. The molecule has 2 heterocycles. The molecule has 7 heteroatoms. The van der Waals surface area contributed by atoms with E-state index in [1.54, 1.807) is 42.5 Å². The Hall–Kier alpha value is -2.70. The van der Waals surface area contributed by atoms with E-state index >= 15 is 0 Å². The number of halogens is 1. The van der Waals surface area contributed by atoms with E-state index in [-0.39, 0.29) is 24.5 Å². The maximum atomic E-state index is 12.0. The Balaban J connectivity index is 1.49. The molecule has 0 atom stereocenters. The number of benzene rings is 1. The second-order valence-corrected chi connectivity index (χ2v) is 6.77. The fourth-order valence-electron chi connectivity index (χ4n) is 2.15. The number of carbonyl (C=O) groups is 2. The summed E-state index contributed by atoms with van der Waals surface area (Å²) in [5, 5.41) is 5.18. The lowest BCUT2D eigenvalue weighted by Crippen LogP contribution is -2.13. The molecule has 1 aromatic carbocycles. The Morgan fingerprint density at radius 2 is 1.88 bits per heavy atom. The summed E-state index contributed by atoms with van der Waals surface area (Å²) in [5.74, 6) is 0.757. The average Bonchev–Trinajstić information content (AvgIpc) is 3.18. The van der Waals surface area contributed by atoms with E-state index in [1.807, 2.05) is 11.4 Å². The third kappa shape index (κ3) is 5.15. The maximum absolute atomic E-state index is 12.0. The molecular weight excluding hydrogens is 372 g/mol. The highest BCUT2D eigenvalue weighted by molar-refractivity contribution is 7.12. The van der Waals surface area contributed by atoms with Gasteiger partial charge in [-0.15, -0.1) is 11.3 Å². The van der Waals surface area contributed by atoms with Gasteiger partial charge in [0, 0.05) is 23.9 Å². The smallest absolute Gasteiger partial charge is 0.224 e. The molecule has 3 aromatic rings. The van der Waals surface area contributed by atoms with Crippen LogP contribution in [0.15, 0.2) is 60.1 Å². The van der Waals surface area contributed by atoms with E-state index in [1.165, 1.54) is 17.5 Å². The van der Waals surface area contributed by atoms with Crippen molar-refractivity contribution in [3.63, 3.8) is 0 Å². The summed E-state index contributed by atoms with van der Waals surface area (Å²) in [7, 11) is 0. The number of Topliss-reactive ketones (excluding diaryl/α,β-unsaturated/α-hetero) is 1. The number of hydrogen-bond donors (Lipinski definition) is 1. The van der Waals surface area contributed by atoms with Crippen LogP contribution in [0.3, 0.4) is 0 Å². The topological polar surface area (TPSA) is 68.3 Å². The van der Waals surface area contributed by atoms with Gasteiger partial charge in [-0.2, -0.15) is 0 Å². The van der Waals surface area contributed by atoms with Crippen molar-refractivity contribution in [3.05, 3.63) is 70.0 Å². The number of ketones is 1. The van der Waals surface area contributed by atoms with Gasteiger partial charge in [-0.05, 0) is 41.8 Å². The second-order valence-electron chi connectivity index (χ2n) is 5.39. The maximum Gasteiger partial charge on any atom is 0.224 e. The number of carbonyl (C=O) groups excluding carboxylic acids is 2. The molecule has 0 unspecified atom stereocenters. The van der Waals surface area contributed by atoms with Crippen LogP contribution in [0.25, 0.3) is 0 Å². The van der Waals surface area contributed by atoms with Gasteiger partial charge in [0.05, 0.1) is 16.8 Å². The Bertz CT molecular complexity index is 878. The minimum Gasteiger partial charge on any atom is -0.439 e. The first-order valence-corrected chi connectivity index (χ1v) is 9.12. The van der Waals surface area contributed by atoms with Gasteiger partial charge in [0.15, 0.2) is 5.78 Å². The summed E-state index contributed by atoms with van der Waals surface area (Å²) in [4.78, 5) is 28.7. The van der Waals surface area contributed by atoms with Crippen molar-refractivity contribution in [2.24, 2.45) is 0 Å². The van der Waals surface area contributed by atoms with Gasteiger partial charge in [0.2, 0.25) is 11.8 Å². The summed E-state index contributed by atoms with van der Waals surface area (Å²) in [5.41, 5.74) is 0.544. The monoisotopic (exact) mass is 386 g/mol. The van der Waals surface area contributed by atoms with Gasteiger partial charge in [0.25, 0.3) is 0 Å². The molecule has 0 aliphatic carbocycles. The molecule has 3 rings (SSSR count). The van der Waals surface area contributed by atoms with Crippen molar-refractivity contribution in [2.45, 2.75) is 12.8 Å². The molecule has 0 radical (unpaired) electrons. The van der Waals surface area contributed by atoms with Crippen molar-refractivity contribution < 1.29 is 14.3 Å². The number of ether oxygens (including phenoxy) is 1. The van der Waals surface area contributed by atoms with Crippen molar-refractivity contribution in [1.29, 1.82) is 0 Å². The standard InChI is InChI=1S/C19H15ClN2O3S/c20-13-3-6-15(7-4-13)25-19-10-5-14(12-21-19)22-18(24)9-8-16(23)17-2-1-11-26-17/h1-7,10-12H,8-9H2,(H,22,24). The molecule has 0 fully saturated rings. The molecule has 0 bridgehead atoms. The van der Waals surface area contributed by atoms with Gasteiger partial charge >= 0.3 is 0 Å². The van der Waals surface area contributed by atoms with Crippen LogP contribution in [-0.4, -0.2) is 16.7 Å². The molecule has 26 heavy (non-hydrogen) atoms. The van der Waals surface area contributed by atoms with Crippen LogP contribution in [0.2, 0.25) is 5.02 Å². The van der Waals surface area contributed by atoms with E-state index in [2.05, 4.69) is 10.3 Å². The first-order chi connectivity index (χ1) is 12.6. The summed E-state index contributed by atoms with van der Waals surface area (Å²) in [6.07, 6.45) is 1.81. The molecule has 0 aliphatic heterocycles. The van der Waals surface area contributed by atoms with Crippen molar-refractivity contribution in [3.8, 4) is 11.6 Å². The number of anilines is 1. The van der Waals surface area contributed by atoms with Crippen molar-refractivity contribution in [1.82, 2.24) is 4.98 Å². The van der Waals surface area contributed by atoms with Crippen LogP contribution >= 0.6 is 22.9 Å². The zero-order valence-electron chi connectivity index (χ0n) is 13.6. The summed E-state index contributed by atoms with van der Waals surface area (Å²) >= 11 is 7.20. The molecule has 2 aromatic heterocycles. The van der Waals surface area contributed by atoms with Crippen LogP contribution in [-0.2, 0) is 4.79 Å². The summed E-state index contributed by atoms with van der Waals surface area (Å²) < 4.78 is 5.59. The highest BCUT2D eigenvalue weighted by Crippen LogP contribution is 2.22. The quantitative estimate of drug-likeness (QED) is 0.567. The molecule has 132 valence electrons. The van der Waals surface area contributed by atoms with Crippen LogP contribution in [0.4, 0.5) is 5.69 Å². The molecule has 0 aliphatic rings. The molecule has 1 amide bonds. The minimum absolute atomic E-state index is 0.0278. The number of rotatable bonds is 7. The van der Waals surface area contributed by atoms with Crippen LogP contribution in [0, 0.1) is 0 Å². The molecule has 0 saturated heterocycles. The fraction of sp³-hybridized carbons (Fsp3) is 0.105. The zero-order valence-corrected chi connectivity index (χ0v) is 15.2. The Labute approximate surface area is 159 Å². The number of nitrogens with one attached hydrogen (secondary N) is 1. The van der Waals surface area contributed by atoms with Gasteiger partial charge in [-0.25, -0.2) is 4.98 Å². The second kappa shape index (κ2) is 8.60. The number of pyridine rings is 1. The van der Waals surface area contributed by atoms with Crippen molar-refractivity contribution >= 4 is 40.3 Å². The molecule has 5 nitrogen and oxygen atoms in total. The van der Waals surface area contributed by atoms with E-state index in [4.69, 9.17) is 16.3 Å².